The average Bonchev–Trinajstić information content (AvgIpc) is 3.36. The summed E-state index contributed by atoms with van der Waals surface area (Å²) in [5.41, 5.74) is 1.34. The Morgan fingerprint density at radius 1 is 1.14 bits per heavy atom. The first-order valence-corrected chi connectivity index (χ1v) is 9.69. The van der Waals surface area contributed by atoms with Gasteiger partial charge in [0, 0.05) is 18.7 Å². The minimum atomic E-state index is -0.676. The summed E-state index contributed by atoms with van der Waals surface area (Å²) in [6.07, 6.45) is 1.67. The topological polar surface area (TPSA) is 76.1 Å². The molecule has 150 valence electrons. The van der Waals surface area contributed by atoms with Crippen LogP contribution in [0.4, 0.5) is 0 Å². The van der Waals surface area contributed by atoms with E-state index in [0.717, 1.165) is 18.4 Å². The molecule has 4 rings (SSSR count). The predicted octanol–water partition coefficient (Wildman–Crippen LogP) is 3.30. The summed E-state index contributed by atoms with van der Waals surface area (Å²) in [4.78, 5) is 27.4. The number of nitrogens with zero attached hydrogens (tertiary/aromatic N) is 1. The number of ether oxygens (including phenoxy) is 2. The van der Waals surface area contributed by atoms with E-state index in [1.807, 2.05) is 18.2 Å². The molecule has 2 aliphatic heterocycles. The van der Waals surface area contributed by atoms with E-state index in [1.165, 1.54) is 4.90 Å². The van der Waals surface area contributed by atoms with Crippen LogP contribution in [-0.2, 0) is 14.3 Å². The number of hydrogen-bond acceptors (Lipinski definition) is 5. The second-order valence-corrected chi connectivity index (χ2v) is 7.23. The molecular formula is C23H23NO5. The van der Waals surface area contributed by atoms with E-state index in [4.69, 9.17) is 9.47 Å². The number of methoxy groups -OCH3 is 1. The number of aliphatic hydroxyl groups excluding tert-OH is 1. The Kier molecular flexibility index (Phi) is 5.36. The number of carbonyl (C=O) groups excluding carboxylic acids is 2. The van der Waals surface area contributed by atoms with Crippen molar-refractivity contribution >= 4 is 17.4 Å². The second kappa shape index (κ2) is 8.09. The van der Waals surface area contributed by atoms with Gasteiger partial charge in [-0.15, -0.1) is 0 Å². The molecule has 2 aromatic rings. The Morgan fingerprint density at radius 3 is 2.48 bits per heavy atom. The van der Waals surface area contributed by atoms with Gasteiger partial charge in [0.25, 0.3) is 11.7 Å². The molecule has 6 nitrogen and oxygen atoms in total. The second-order valence-electron chi connectivity index (χ2n) is 7.23. The van der Waals surface area contributed by atoms with Crippen LogP contribution in [0.25, 0.3) is 5.76 Å². The maximum Gasteiger partial charge on any atom is 0.295 e. The number of likely N-dealkylation sites (tertiary alicyclic amines) is 1. The quantitative estimate of drug-likeness (QED) is 0.479. The molecule has 1 amide bonds. The average molecular weight is 393 g/mol. The molecule has 0 unspecified atom stereocenters. The molecule has 1 N–H and O–H groups in total. The van der Waals surface area contributed by atoms with Gasteiger partial charge in [0.2, 0.25) is 0 Å². The van der Waals surface area contributed by atoms with Crippen molar-refractivity contribution in [2.45, 2.75) is 25.0 Å². The van der Waals surface area contributed by atoms with Crippen LogP contribution in [0.5, 0.6) is 5.75 Å². The lowest BCUT2D eigenvalue weighted by Gasteiger charge is -2.27. The fourth-order valence-electron chi connectivity index (χ4n) is 3.96. The van der Waals surface area contributed by atoms with Crippen LogP contribution in [0, 0.1) is 0 Å². The highest BCUT2D eigenvalue weighted by molar-refractivity contribution is 6.46. The van der Waals surface area contributed by atoms with Gasteiger partial charge in [-0.3, -0.25) is 9.59 Å². The number of rotatable bonds is 5. The van der Waals surface area contributed by atoms with Crippen molar-refractivity contribution in [2.75, 3.05) is 20.3 Å². The van der Waals surface area contributed by atoms with Gasteiger partial charge in [-0.2, -0.15) is 0 Å². The molecule has 2 fully saturated rings. The zero-order valence-electron chi connectivity index (χ0n) is 16.2. The molecule has 0 saturated carbocycles. The first-order chi connectivity index (χ1) is 14.1. The lowest BCUT2D eigenvalue weighted by atomic mass is 9.95. The Morgan fingerprint density at radius 2 is 1.86 bits per heavy atom. The van der Waals surface area contributed by atoms with Crippen LogP contribution in [0.1, 0.15) is 30.0 Å². The minimum absolute atomic E-state index is 0.101. The third-order valence-electron chi connectivity index (χ3n) is 5.44. The van der Waals surface area contributed by atoms with Crippen LogP contribution < -0.4 is 4.74 Å². The summed E-state index contributed by atoms with van der Waals surface area (Å²) in [6, 6.07) is 15.3. The van der Waals surface area contributed by atoms with Crippen molar-refractivity contribution in [1.29, 1.82) is 0 Å². The Hall–Kier alpha value is -3.12. The monoisotopic (exact) mass is 393 g/mol. The highest BCUT2D eigenvalue weighted by atomic mass is 16.5. The summed E-state index contributed by atoms with van der Waals surface area (Å²) in [7, 11) is 1.58. The standard InChI is InChI=1S/C23H23NO5/c1-28-17-11-9-15(10-12-17)20-19(21(25)16-6-3-2-4-7-16)22(26)23(27)24(20)14-18-8-5-13-29-18/h2-4,6-7,9-12,18,20,25H,5,8,13-14H2,1H3/b21-19+/t18-,20-/m0/s1. The number of ketones is 1. The number of benzene rings is 2. The molecule has 0 radical (unpaired) electrons. The van der Waals surface area contributed by atoms with Crippen LogP contribution >= 0.6 is 0 Å². The van der Waals surface area contributed by atoms with Crippen molar-refractivity contribution in [2.24, 2.45) is 0 Å². The van der Waals surface area contributed by atoms with Crippen molar-refractivity contribution in [3.63, 3.8) is 0 Å². The Balaban J connectivity index is 1.80. The number of carbonyl (C=O) groups is 2. The van der Waals surface area contributed by atoms with E-state index < -0.39 is 17.7 Å². The molecule has 2 heterocycles. The summed E-state index contributed by atoms with van der Waals surface area (Å²) >= 11 is 0. The highest BCUT2D eigenvalue weighted by Crippen LogP contribution is 2.40. The van der Waals surface area contributed by atoms with E-state index in [-0.39, 0.29) is 17.4 Å². The summed E-state index contributed by atoms with van der Waals surface area (Å²) in [5.74, 6) is -0.781. The van der Waals surface area contributed by atoms with Gasteiger partial charge < -0.3 is 19.5 Å². The zero-order chi connectivity index (χ0) is 20.4. The molecule has 6 heteroatoms. The SMILES string of the molecule is COc1ccc([C@H]2/C(=C(\O)c3ccccc3)C(=O)C(=O)N2C[C@@H]2CCCO2)cc1. The molecule has 0 spiro atoms. The summed E-state index contributed by atoms with van der Waals surface area (Å²) in [6.45, 7) is 0.971. The van der Waals surface area contributed by atoms with Crippen molar-refractivity contribution in [1.82, 2.24) is 4.90 Å². The van der Waals surface area contributed by atoms with Gasteiger partial charge in [-0.1, -0.05) is 42.5 Å². The lowest BCUT2D eigenvalue weighted by molar-refractivity contribution is -0.140. The minimum Gasteiger partial charge on any atom is -0.507 e. The number of amides is 1. The van der Waals surface area contributed by atoms with Crippen LogP contribution in [0.3, 0.4) is 0 Å². The lowest BCUT2D eigenvalue weighted by Crippen LogP contribution is -2.36. The Labute approximate surface area is 169 Å². The smallest absolute Gasteiger partial charge is 0.295 e. The van der Waals surface area contributed by atoms with E-state index in [9.17, 15) is 14.7 Å². The molecular weight excluding hydrogens is 370 g/mol. The first-order valence-electron chi connectivity index (χ1n) is 9.69. The van der Waals surface area contributed by atoms with E-state index in [0.29, 0.717) is 24.5 Å². The molecule has 0 aliphatic carbocycles. The zero-order valence-corrected chi connectivity index (χ0v) is 16.2. The van der Waals surface area contributed by atoms with Gasteiger partial charge >= 0.3 is 0 Å². The van der Waals surface area contributed by atoms with Crippen molar-refractivity contribution < 1.29 is 24.2 Å². The summed E-state index contributed by atoms with van der Waals surface area (Å²) < 4.78 is 10.9. The largest absolute Gasteiger partial charge is 0.507 e. The van der Waals surface area contributed by atoms with Crippen molar-refractivity contribution in [3.8, 4) is 5.75 Å². The highest BCUT2D eigenvalue weighted by Gasteiger charge is 2.47. The third kappa shape index (κ3) is 3.63. The van der Waals surface area contributed by atoms with E-state index >= 15 is 0 Å². The Bertz CT molecular complexity index is 930. The molecule has 0 bridgehead atoms. The number of hydrogen-bond donors (Lipinski definition) is 1. The normalized spacial score (nSPS) is 23.6. The maximum atomic E-state index is 12.9. The van der Waals surface area contributed by atoms with E-state index in [1.54, 1.807) is 43.5 Å². The fraction of sp³-hybridized carbons (Fsp3) is 0.304. The number of aliphatic hydroxyl groups is 1. The van der Waals surface area contributed by atoms with Gasteiger partial charge in [0.1, 0.15) is 11.5 Å². The molecule has 2 atom stereocenters. The van der Waals surface area contributed by atoms with Gasteiger partial charge in [-0.25, -0.2) is 0 Å². The van der Waals surface area contributed by atoms with E-state index in [2.05, 4.69) is 0 Å². The van der Waals surface area contributed by atoms with Gasteiger partial charge in [0.05, 0.1) is 24.8 Å². The molecule has 2 aliphatic rings. The predicted molar refractivity (Wildman–Crippen MR) is 107 cm³/mol. The van der Waals surface area contributed by atoms with Crippen LogP contribution in [0.15, 0.2) is 60.2 Å². The van der Waals surface area contributed by atoms with Crippen LogP contribution in [0.2, 0.25) is 0 Å². The van der Waals surface area contributed by atoms with Gasteiger partial charge in [-0.05, 0) is 30.5 Å². The molecule has 0 aromatic heterocycles. The molecule has 2 aromatic carbocycles. The maximum absolute atomic E-state index is 12.9. The number of Topliss-reactive ketones (excluding diaryl/α,β-unsaturated/α-hetero) is 1. The first kappa shape index (κ1) is 19.2. The van der Waals surface area contributed by atoms with Gasteiger partial charge in [0.15, 0.2) is 0 Å². The third-order valence-corrected chi connectivity index (χ3v) is 5.44. The fourth-order valence-corrected chi connectivity index (χ4v) is 3.96. The van der Waals surface area contributed by atoms with Crippen LogP contribution in [-0.4, -0.2) is 48.1 Å². The van der Waals surface area contributed by atoms with Crippen molar-refractivity contribution in [3.05, 3.63) is 71.3 Å². The molecule has 2 saturated heterocycles. The molecule has 29 heavy (non-hydrogen) atoms. The summed E-state index contributed by atoms with van der Waals surface area (Å²) in [5, 5.41) is 10.9.